The highest BCUT2D eigenvalue weighted by atomic mass is 35.5. The van der Waals surface area contributed by atoms with Crippen molar-refractivity contribution in [3.8, 4) is 5.75 Å². The molecule has 1 aromatic rings. The van der Waals surface area contributed by atoms with E-state index in [1.165, 1.54) is 7.11 Å². The normalized spacial score (nSPS) is 9.77. The fraction of sp³-hybridized carbons (Fsp3) is 0.125. The predicted molar refractivity (Wildman–Crippen MR) is 46.5 cm³/mol. The van der Waals surface area contributed by atoms with Crippen LogP contribution in [0.3, 0.4) is 0 Å². The highest BCUT2D eigenvalue weighted by molar-refractivity contribution is 6.34. The number of hydrogen-bond acceptors (Lipinski definition) is 2. The maximum Gasteiger partial charge on any atom is 0.253 e. The van der Waals surface area contributed by atoms with E-state index < -0.39 is 11.7 Å². The van der Waals surface area contributed by atoms with Gasteiger partial charge in [-0.2, -0.15) is 0 Å². The van der Waals surface area contributed by atoms with E-state index in [1.54, 1.807) is 0 Å². The Hall–Kier alpha value is -1.29. The van der Waals surface area contributed by atoms with Gasteiger partial charge in [0.1, 0.15) is 11.6 Å². The Balaban J connectivity index is 3.38. The average Bonchev–Trinajstić information content (AvgIpc) is 2.01. The van der Waals surface area contributed by atoms with Crippen LogP contribution in [0.25, 0.3) is 0 Å². The van der Waals surface area contributed by atoms with Gasteiger partial charge in [0.15, 0.2) is 0 Å². The molecule has 0 saturated carbocycles. The number of methoxy groups -OCH3 is 1. The lowest BCUT2D eigenvalue weighted by atomic mass is 10.2. The van der Waals surface area contributed by atoms with Gasteiger partial charge in [-0.15, -0.1) is 0 Å². The molecule has 0 heterocycles. The van der Waals surface area contributed by atoms with E-state index in [2.05, 4.69) is 0 Å². The SMILES string of the molecule is COc1cc(F)cc(Cl)c1C(N)=O. The van der Waals surface area contributed by atoms with Gasteiger partial charge >= 0.3 is 0 Å². The molecule has 5 heteroatoms. The highest BCUT2D eigenvalue weighted by Gasteiger charge is 2.14. The molecule has 2 N–H and O–H groups in total. The standard InChI is InChI=1S/C8H7ClFNO2/c1-13-6-3-4(10)2-5(9)7(6)8(11)12/h2-3H,1H3,(H2,11,12). The van der Waals surface area contributed by atoms with Crippen molar-refractivity contribution in [2.45, 2.75) is 0 Å². The molecular weight excluding hydrogens is 197 g/mol. The van der Waals surface area contributed by atoms with Crippen molar-refractivity contribution in [2.24, 2.45) is 5.73 Å². The number of carbonyl (C=O) groups is 1. The Morgan fingerprint density at radius 1 is 1.62 bits per heavy atom. The summed E-state index contributed by atoms with van der Waals surface area (Å²) < 4.78 is 17.5. The Morgan fingerprint density at radius 2 is 2.23 bits per heavy atom. The zero-order valence-corrected chi connectivity index (χ0v) is 7.56. The lowest BCUT2D eigenvalue weighted by Gasteiger charge is -2.06. The van der Waals surface area contributed by atoms with Crippen LogP contribution in [0.2, 0.25) is 5.02 Å². The van der Waals surface area contributed by atoms with Crippen molar-refractivity contribution in [3.63, 3.8) is 0 Å². The molecule has 70 valence electrons. The van der Waals surface area contributed by atoms with Gasteiger partial charge < -0.3 is 10.5 Å². The second kappa shape index (κ2) is 3.62. The number of primary amides is 1. The molecule has 0 spiro atoms. The van der Waals surface area contributed by atoms with Gasteiger partial charge in [0.2, 0.25) is 0 Å². The van der Waals surface area contributed by atoms with Crippen LogP contribution in [-0.2, 0) is 0 Å². The summed E-state index contributed by atoms with van der Waals surface area (Å²) in [6, 6.07) is 2.05. The first kappa shape index (κ1) is 9.80. The number of ether oxygens (including phenoxy) is 1. The maximum absolute atomic E-state index is 12.7. The van der Waals surface area contributed by atoms with E-state index in [4.69, 9.17) is 22.1 Å². The van der Waals surface area contributed by atoms with Crippen molar-refractivity contribution in [1.82, 2.24) is 0 Å². The minimum Gasteiger partial charge on any atom is -0.496 e. The molecule has 0 aliphatic rings. The van der Waals surface area contributed by atoms with Gasteiger partial charge in [0.05, 0.1) is 17.7 Å². The number of halogens is 2. The second-order valence-corrected chi connectivity index (χ2v) is 2.74. The largest absolute Gasteiger partial charge is 0.496 e. The van der Waals surface area contributed by atoms with Gasteiger partial charge in [0.25, 0.3) is 5.91 Å². The monoisotopic (exact) mass is 203 g/mol. The zero-order chi connectivity index (χ0) is 10.0. The molecule has 0 fully saturated rings. The highest BCUT2D eigenvalue weighted by Crippen LogP contribution is 2.27. The van der Waals surface area contributed by atoms with E-state index >= 15 is 0 Å². The topological polar surface area (TPSA) is 52.3 Å². The molecule has 0 aliphatic carbocycles. The first-order valence-corrected chi connectivity index (χ1v) is 3.77. The molecule has 0 radical (unpaired) electrons. The number of benzene rings is 1. The van der Waals surface area contributed by atoms with Crippen molar-refractivity contribution in [2.75, 3.05) is 7.11 Å². The molecule has 1 amide bonds. The van der Waals surface area contributed by atoms with Gasteiger partial charge in [-0.1, -0.05) is 11.6 Å². The molecule has 0 unspecified atom stereocenters. The summed E-state index contributed by atoms with van der Waals surface area (Å²) in [5.74, 6) is -1.29. The van der Waals surface area contributed by atoms with Crippen molar-refractivity contribution >= 4 is 17.5 Å². The van der Waals surface area contributed by atoms with E-state index in [0.29, 0.717) is 0 Å². The minimum absolute atomic E-state index is 0.00873. The Labute approximate surface area is 79.2 Å². The van der Waals surface area contributed by atoms with E-state index in [1.807, 2.05) is 0 Å². The summed E-state index contributed by atoms with van der Waals surface area (Å²) in [7, 11) is 1.30. The van der Waals surface area contributed by atoms with Crippen LogP contribution in [0.5, 0.6) is 5.75 Å². The molecule has 1 aromatic carbocycles. The lowest BCUT2D eigenvalue weighted by Crippen LogP contribution is -2.13. The number of rotatable bonds is 2. The molecule has 0 saturated heterocycles. The quantitative estimate of drug-likeness (QED) is 0.794. The van der Waals surface area contributed by atoms with Crippen LogP contribution in [0, 0.1) is 5.82 Å². The summed E-state index contributed by atoms with van der Waals surface area (Å²) in [5, 5.41) is -0.0515. The fourth-order valence-corrected chi connectivity index (χ4v) is 1.24. The van der Waals surface area contributed by atoms with Crippen LogP contribution in [0.15, 0.2) is 12.1 Å². The third-order valence-electron chi connectivity index (χ3n) is 1.49. The smallest absolute Gasteiger partial charge is 0.253 e. The minimum atomic E-state index is -0.748. The zero-order valence-electron chi connectivity index (χ0n) is 6.80. The molecule has 13 heavy (non-hydrogen) atoms. The van der Waals surface area contributed by atoms with Crippen molar-refractivity contribution in [3.05, 3.63) is 28.5 Å². The number of nitrogens with two attached hydrogens (primary N) is 1. The molecular formula is C8H7ClFNO2. The number of carbonyl (C=O) groups excluding carboxylic acids is 1. The summed E-state index contributed by atoms with van der Waals surface area (Å²) in [6.07, 6.45) is 0. The van der Waals surface area contributed by atoms with Crippen LogP contribution in [0.1, 0.15) is 10.4 Å². The third kappa shape index (κ3) is 1.89. The third-order valence-corrected chi connectivity index (χ3v) is 1.78. The van der Waals surface area contributed by atoms with E-state index in [9.17, 15) is 9.18 Å². The number of amides is 1. The van der Waals surface area contributed by atoms with Crippen LogP contribution < -0.4 is 10.5 Å². The van der Waals surface area contributed by atoms with Gasteiger partial charge in [-0.25, -0.2) is 4.39 Å². The summed E-state index contributed by atoms with van der Waals surface area (Å²) in [4.78, 5) is 10.8. The second-order valence-electron chi connectivity index (χ2n) is 2.33. The predicted octanol–water partition coefficient (Wildman–Crippen LogP) is 1.59. The Bertz CT molecular complexity index is 354. The average molecular weight is 204 g/mol. The first-order valence-electron chi connectivity index (χ1n) is 3.39. The van der Waals surface area contributed by atoms with Gasteiger partial charge in [-0.05, 0) is 6.07 Å². The van der Waals surface area contributed by atoms with Crippen molar-refractivity contribution < 1.29 is 13.9 Å². The van der Waals surface area contributed by atoms with Gasteiger partial charge in [-0.3, -0.25) is 4.79 Å². The molecule has 1 rings (SSSR count). The van der Waals surface area contributed by atoms with E-state index in [0.717, 1.165) is 12.1 Å². The maximum atomic E-state index is 12.7. The summed E-state index contributed by atoms with van der Waals surface area (Å²) in [5.41, 5.74) is 5.01. The fourth-order valence-electron chi connectivity index (χ4n) is 0.950. The summed E-state index contributed by atoms with van der Waals surface area (Å²) >= 11 is 5.59. The molecule has 0 atom stereocenters. The lowest BCUT2D eigenvalue weighted by molar-refractivity contribution is 0.0997. The summed E-state index contributed by atoms with van der Waals surface area (Å²) in [6.45, 7) is 0. The van der Waals surface area contributed by atoms with Gasteiger partial charge in [0, 0.05) is 6.07 Å². The molecule has 3 nitrogen and oxygen atoms in total. The van der Waals surface area contributed by atoms with Crippen LogP contribution in [-0.4, -0.2) is 13.0 Å². The molecule has 0 aliphatic heterocycles. The number of hydrogen-bond donors (Lipinski definition) is 1. The van der Waals surface area contributed by atoms with E-state index in [-0.39, 0.29) is 16.3 Å². The van der Waals surface area contributed by atoms with Crippen LogP contribution in [0.4, 0.5) is 4.39 Å². The molecule has 0 bridgehead atoms. The van der Waals surface area contributed by atoms with Crippen molar-refractivity contribution in [1.29, 1.82) is 0 Å². The first-order chi connectivity index (χ1) is 6.06. The Morgan fingerprint density at radius 3 is 2.69 bits per heavy atom. The Kier molecular flexibility index (Phi) is 2.72. The molecule has 0 aromatic heterocycles. The van der Waals surface area contributed by atoms with Crippen LogP contribution >= 0.6 is 11.6 Å².